The predicted octanol–water partition coefficient (Wildman–Crippen LogP) is 26.4. The van der Waals surface area contributed by atoms with Crippen molar-refractivity contribution >= 4 is 19.8 Å². The fourth-order valence-electron chi connectivity index (χ4n) is 11.4. The molecule has 3 N–H and O–H groups in total. The van der Waals surface area contributed by atoms with E-state index < -0.39 is 26.5 Å². The Morgan fingerprint density at radius 3 is 0.882 bits per heavy atom. The first kappa shape index (κ1) is 89.7. The fourth-order valence-corrected chi connectivity index (χ4v) is 12.1. The lowest BCUT2D eigenvalue weighted by molar-refractivity contribution is -0.161. The Hall–Kier alpha value is -3.33. The topological polar surface area (TPSA) is 134 Å². The molecule has 0 aromatic carbocycles. The molecular weight excluding hydrogens is 1170 g/mol. The van der Waals surface area contributed by atoms with Crippen LogP contribution in [0.3, 0.4) is 0 Å². The van der Waals surface area contributed by atoms with Crippen LogP contribution < -0.4 is 5.73 Å². The molecular formula is C83H148NO8P. The quantitative estimate of drug-likeness (QED) is 0.0264. The van der Waals surface area contributed by atoms with E-state index in [9.17, 15) is 19.0 Å². The van der Waals surface area contributed by atoms with Crippen LogP contribution in [0.5, 0.6) is 0 Å². The zero-order chi connectivity index (χ0) is 67.2. The largest absolute Gasteiger partial charge is 0.472 e. The first-order valence-corrected chi connectivity index (χ1v) is 40.9. The van der Waals surface area contributed by atoms with E-state index in [0.29, 0.717) is 6.42 Å². The summed E-state index contributed by atoms with van der Waals surface area (Å²) in [5.41, 5.74) is 5.41. The first-order valence-electron chi connectivity index (χ1n) is 39.4. The van der Waals surface area contributed by atoms with Gasteiger partial charge in [-0.3, -0.25) is 18.6 Å². The van der Waals surface area contributed by atoms with Gasteiger partial charge in [0.15, 0.2) is 6.10 Å². The van der Waals surface area contributed by atoms with Gasteiger partial charge < -0.3 is 20.1 Å². The lowest BCUT2D eigenvalue weighted by atomic mass is 10.0. The number of esters is 2. The molecule has 0 spiro atoms. The van der Waals surface area contributed by atoms with Crippen molar-refractivity contribution in [3.63, 3.8) is 0 Å². The van der Waals surface area contributed by atoms with Gasteiger partial charge in [0.05, 0.1) is 13.2 Å². The molecule has 0 aromatic heterocycles. The molecule has 0 aromatic rings. The predicted molar refractivity (Wildman–Crippen MR) is 404 cm³/mol. The van der Waals surface area contributed by atoms with Gasteiger partial charge in [0.2, 0.25) is 0 Å². The average molecular weight is 1320 g/mol. The number of phosphoric ester groups is 1. The Balaban J connectivity index is 3.79. The number of hydrogen-bond donors (Lipinski definition) is 2. The second-order valence-electron chi connectivity index (χ2n) is 26.2. The maximum Gasteiger partial charge on any atom is 0.472 e. The highest BCUT2D eigenvalue weighted by atomic mass is 31.2. The maximum atomic E-state index is 12.8. The second kappa shape index (κ2) is 77.7. The van der Waals surface area contributed by atoms with Crippen LogP contribution >= 0.6 is 7.82 Å². The van der Waals surface area contributed by atoms with Crippen LogP contribution in [0.25, 0.3) is 0 Å². The van der Waals surface area contributed by atoms with E-state index in [1.54, 1.807) is 0 Å². The molecule has 2 unspecified atom stereocenters. The van der Waals surface area contributed by atoms with Gasteiger partial charge in [0, 0.05) is 19.4 Å². The number of carbonyl (C=O) groups excluding carboxylic acids is 2. The number of nitrogens with two attached hydrogens (primary N) is 1. The molecule has 0 aliphatic heterocycles. The van der Waals surface area contributed by atoms with Crippen LogP contribution in [0.15, 0.2) is 109 Å². The maximum absolute atomic E-state index is 12.8. The van der Waals surface area contributed by atoms with E-state index in [1.807, 2.05) is 0 Å². The Morgan fingerprint density at radius 1 is 0.333 bits per heavy atom. The zero-order valence-electron chi connectivity index (χ0n) is 60.7. The molecule has 0 fully saturated rings. The van der Waals surface area contributed by atoms with Crippen molar-refractivity contribution in [1.82, 2.24) is 0 Å². The van der Waals surface area contributed by atoms with Gasteiger partial charge in [-0.05, 0) is 103 Å². The molecule has 0 heterocycles. The van der Waals surface area contributed by atoms with Gasteiger partial charge in [-0.2, -0.15) is 0 Å². The molecule has 0 rings (SSSR count). The van der Waals surface area contributed by atoms with Crippen molar-refractivity contribution in [3.05, 3.63) is 109 Å². The minimum atomic E-state index is -4.40. The summed E-state index contributed by atoms with van der Waals surface area (Å²) in [7, 11) is -4.40. The van der Waals surface area contributed by atoms with Crippen molar-refractivity contribution < 1.29 is 37.6 Å². The number of carbonyl (C=O) groups is 2. The van der Waals surface area contributed by atoms with Gasteiger partial charge in [0.25, 0.3) is 0 Å². The van der Waals surface area contributed by atoms with Crippen LogP contribution in [0, 0.1) is 0 Å². The second-order valence-corrected chi connectivity index (χ2v) is 27.7. The lowest BCUT2D eigenvalue weighted by Crippen LogP contribution is -2.29. The molecule has 9 nitrogen and oxygen atoms in total. The summed E-state index contributed by atoms with van der Waals surface area (Å²) >= 11 is 0. The van der Waals surface area contributed by atoms with Crippen LogP contribution in [-0.2, 0) is 32.7 Å². The van der Waals surface area contributed by atoms with Gasteiger partial charge in [-0.15, -0.1) is 0 Å². The molecule has 2 atom stereocenters. The van der Waals surface area contributed by atoms with Gasteiger partial charge in [-0.25, -0.2) is 4.57 Å². The smallest absolute Gasteiger partial charge is 0.462 e. The number of phosphoric acid groups is 1. The molecule has 0 saturated carbocycles. The zero-order valence-corrected chi connectivity index (χ0v) is 61.6. The van der Waals surface area contributed by atoms with Gasteiger partial charge in [-0.1, -0.05) is 367 Å². The number of ether oxygens (including phenoxy) is 2. The first-order chi connectivity index (χ1) is 45.8. The average Bonchev–Trinajstić information content (AvgIpc) is 3.70. The number of rotatable bonds is 74. The van der Waals surface area contributed by atoms with E-state index >= 15 is 0 Å². The molecule has 0 aliphatic rings. The third-order valence-corrected chi connectivity index (χ3v) is 18.1. The van der Waals surface area contributed by atoms with Crippen molar-refractivity contribution in [2.45, 2.75) is 380 Å². The van der Waals surface area contributed by atoms with E-state index in [-0.39, 0.29) is 38.6 Å². The summed E-state index contributed by atoms with van der Waals surface area (Å²) in [4.78, 5) is 35.4. The molecule has 0 amide bonds. The number of allylic oxidation sites excluding steroid dienone is 18. The van der Waals surface area contributed by atoms with Gasteiger partial charge >= 0.3 is 19.8 Å². The molecule has 0 aliphatic carbocycles. The Kier molecular flexibility index (Phi) is 74.9. The van der Waals surface area contributed by atoms with Crippen LogP contribution in [-0.4, -0.2) is 49.3 Å². The van der Waals surface area contributed by atoms with Crippen LogP contribution in [0.4, 0.5) is 0 Å². The number of hydrogen-bond acceptors (Lipinski definition) is 8. The minimum Gasteiger partial charge on any atom is -0.462 e. The Morgan fingerprint density at radius 2 is 0.591 bits per heavy atom. The summed E-state index contributed by atoms with van der Waals surface area (Å²) in [6.07, 6.45) is 108. The lowest BCUT2D eigenvalue weighted by Gasteiger charge is -2.19. The summed E-state index contributed by atoms with van der Waals surface area (Å²) in [5, 5.41) is 0. The van der Waals surface area contributed by atoms with Crippen molar-refractivity contribution in [2.24, 2.45) is 5.73 Å². The standard InChI is InChI=1S/C83H148NO8P/c1-3-5-7-9-11-13-15-17-19-21-23-25-27-29-31-33-35-36-37-38-39-40-41-42-43-44-46-47-49-51-53-55-57-59-61-63-65-67-69-71-73-75-82(85)89-79-81(80-91-93(87,88)90-78-77-84)92-83(86)76-74-72-70-68-66-64-62-60-58-56-54-52-50-48-45-34-32-30-28-26-24-22-20-18-16-14-12-10-8-6-4-2/h6,8,12,14-15,17-18,20-21,23-24,26-27,29-30,32,45,48,81H,3-5,7,9-11,13,16,19,22,25,28,31,33-44,46-47,49-80,84H2,1-2H3,(H,87,88)/b8-6-,14-12-,17-15-,20-18-,23-21-,26-24-,29-27-,32-30-,48-45-. The highest BCUT2D eigenvalue weighted by Crippen LogP contribution is 2.43. The van der Waals surface area contributed by atoms with Crippen LogP contribution in [0.1, 0.15) is 373 Å². The highest BCUT2D eigenvalue weighted by Gasteiger charge is 2.26. The summed E-state index contributed by atoms with van der Waals surface area (Å²) in [5.74, 6) is -0.818. The minimum absolute atomic E-state index is 0.0510. The van der Waals surface area contributed by atoms with E-state index in [2.05, 4.69) is 123 Å². The third kappa shape index (κ3) is 77.6. The summed E-state index contributed by atoms with van der Waals surface area (Å²) < 4.78 is 33.3. The third-order valence-electron chi connectivity index (χ3n) is 17.1. The van der Waals surface area contributed by atoms with Crippen molar-refractivity contribution in [3.8, 4) is 0 Å². The summed E-state index contributed by atoms with van der Waals surface area (Å²) in [6.45, 7) is 3.66. The van der Waals surface area contributed by atoms with E-state index in [1.165, 1.54) is 250 Å². The molecule has 0 bridgehead atoms. The summed E-state index contributed by atoms with van der Waals surface area (Å²) in [6, 6.07) is 0. The molecule has 0 radical (unpaired) electrons. The van der Waals surface area contributed by atoms with Gasteiger partial charge in [0.1, 0.15) is 6.61 Å². The van der Waals surface area contributed by atoms with Crippen LogP contribution in [0.2, 0.25) is 0 Å². The Labute approximate surface area is 575 Å². The van der Waals surface area contributed by atoms with E-state index in [0.717, 1.165) is 89.9 Å². The van der Waals surface area contributed by atoms with E-state index in [4.69, 9.17) is 24.3 Å². The van der Waals surface area contributed by atoms with Crippen molar-refractivity contribution in [2.75, 3.05) is 26.4 Å². The molecule has 0 saturated heterocycles. The molecule has 10 heteroatoms. The number of unbranched alkanes of at least 4 members (excludes halogenated alkanes) is 43. The normalized spacial score (nSPS) is 13.5. The Bertz CT molecular complexity index is 1900. The SMILES string of the molecule is CC/C=C\C/C=C\C/C=C\C/C=C\C/C=C\C/C=C\CCCCCCCCCCCCCCC(=O)OC(COC(=O)CCCCCCCCCCCCCCCCCCCCCCCCCCCC/C=C\C/C=C\C/C=C\CCCCCCC)COP(=O)(O)OCCN. The molecule has 538 valence electrons. The highest BCUT2D eigenvalue weighted by molar-refractivity contribution is 7.47. The van der Waals surface area contributed by atoms with Crippen molar-refractivity contribution in [1.29, 1.82) is 0 Å². The fraction of sp³-hybridized carbons (Fsp3) is 0.759. The molecule has 93 heavy (non-hydrogen) atoms. The monoisotopic (exact) mass is 1320 g/mol.